The number of aryl methyl sites for hydroxylation is 1. The first-order chi connectivity index (χ1) is 16.8. The Balaban J connectivity index is 1.81. The van der Waals surface area contributed by atoms with E-state index in [9.17, 15) is 14.9 Å². The Morgan fingerprint density at radius 3 is 2.31 bits per heavy atom. The Morgan fingerprint density at radius 1 is 1.06 bits per heavy atom. The zero-order valence-electron chi connectivity index (χ0n) is 19.2. The van der Waals surface area contributed by atoms with E-state index in [2.05, 4.69) is 11.4 Å². The van der Waals surface area contributed by atoms with Gasteiger partial charge >= 0.3 is 5.97 Å². The molecular weight excluding hydrogens is 468 g/mol. The maximum absolute atomic E-state index is 12.3. The summed E-state index contributed by atoms with van der Waals surface area (Å²) < 4.78 is 11.3. The van der Waals surface area contributed by atoms with Gasteiger partial charge in [0.15, 0.2) is 18.1 Å². The monoisotopic (exact) mass is 490 g/mol. The smallest absolute Gasteiger partial charge is 0.335 e. The number of aromatic carboxylic acids is 1. The van der Waals surface area contributed by atoms with Gasteiger partial charge < -0.3 is 19.9 Å². The van der Waals surface area contributed by atoms with Crippen molar-refractivity contribution < 1.29 is 24.2 Å². The number of hydrogen-bond donors (Lipinski definition) is 2. The first-order valence-electron chi connectivity index (χ1n) is 10.7. The van der Waals surface area contributed by atoms with E-state index < -0.39 is 5.97 Å². The molecule has 0 fully saturated rings. The molecule has 178 valence electrons. The van der Waals surface area contributed by atoms with Gasteiger partial charge in [0.2, 0.25) is 0 Å². The lowest BCUT2D eigenvalue weighted by Crippen LogP contribution is -2.20. The number of carbonyl (C=O) groups excluding carboxylic acids is 1. The molecule has 0 aliphatic heterocycles. The molecule has 0 radical (unpaired) electrons. The second-order valence-corrected chi connectivity index (χ2v) is 7.93. The summed E-state index contributed by atoms with van der Waals surface area (Å²) in [6.07, 6.45) is 1.61. The highest BCUT2D eigenvalue weighted by atomic mass is 35.5. The molecule has 0 aromatic heterocycles. The number of halogens is 1. The standard InChI is InChI=1S/C27H23ClN2O5/c1-3-34-24-14-18(12-21(15-29)19-6-8-20(9-7-19)27(32)33)13-23(28)26(24)35-16-25(31)30-22-10-4-17(2)5-11-22/h4-14H,3,16H2,1-2H3,(H,30,31)(H,32,33)/b21-12-. The number of hydrogen-bond acceptors (Lipinski definition) is 5. The van der Waals surface area contributed by atoms with Crippen molar-refractivity contribution in [3.8, 4) is 17.6 Å². The molecule has 35 heavy (non-hydrogen) atoms. The van der Waals surface area contributed by atoms with E-state index in [1.165, 1.54) is 12.1 Å². The van der Waals surface area contributed by atoms with Crippen molar-refractivity contribution in [3.63, 3.8) is 0 Å². The molecule has 3 aromatic rings. The van der Waals surface area contributed by atoms with Gasteiger partial charge in [0, 0.05) is 5.69 Å². The van der Waals surface area contributed by atoms with Gasteiger partial charge in [-0.1, -0.05) is 41.4 Å². The van der Waals surface area contributed by atoms with Crippen molar-refractivity contribution in [2.45, 2.75) is 13.8 Å². The summed E-state index contributed by atoms with van der Waals surface area (Å²) in [5, 5.41) is 21.7. The van der Waals surface area contributed by atoms with E-state index in [0.717, 1.165) is 5.56 Å². The van der Waals surface area contributed by atoms with Crippen molar-refractivity contribution in [1.29, 1.82) is 5.26 Å². The molecule has 3 aromatic carbocycles. The summed E-state index contributed by atoms with van der Waals surface area (Å²) in [6.45, 7) is 3.81. The van der Waals surface area contributed by atoms with Crippen LogP contribution in [0.1, 0.15) is 34.0 Å². The molecule has 3 rings (SSSR count). The zero-order chi connectivity index (χ0) is 25.4. The van der Waals surface area contributed by atoms with Crippen LogP contribution < -0.4 is 14.8 Å². The Kier molecular flexibility index (Phi) is 8.49. The highest BCUT2D eigenvalue weighted by Crippen LogP contribution is 2.37. The van der Waals surface area contributed by atoms with Crippen LogP contribution in [0.3, 0.4) is 0 Å². The zero-order valence-corrected chi connectivity index (χ0v) is 19.9. The summed E-state index contributed by atoms with van der Waals surface area (Å²) in [6, 6.07) is 18.7. The van der Waals surface area contributed by atoms with E-state index in [0.29, 0.717) is 34.7 Å². The third-order valence-electron chi connectivity index (χ3n) is 4.89. The molecule has 8 heteroatoms. The number of allylic oxidation sites excluding steroid dienone is 1. The van der Waals surface area contributed by atoms with Gasteiger partial charge in [-0.05, 0) is 67.4 Å². The largest absolute Gasteiger partial charge is 0.490 e. The molecule has 0 bridgehead atoms. The van der Waals surface area contributed by atoms with Gasteiger partial charge in [-0.15, -0.1) is 0 Å². The van der Waals surface area contributed by atoms with Crippen LogP contribution in [0.4, 0.5) is 5.69 Å². The minimum absolute atomic E-state index is 0.126. The van der Waals surface area contributed by atoms with Crippen molar-refractivity contribution in [2.24, 2.45) is 0 Å². The van der Waals surface area contributed by atoms with Gasteiger partial charge in [0.1, 0.15) is 0 Å². The van der Waals surface area contributed by atoms with Crippen LogP contribution in [0.15, 0.2) is 60.7 Å². The van der Waals surface area contributed by atoms with Crippen molar-refractivity contribution in [3.05, 3.63) is 87.9 Å². The molecule has 0 aliphatic carbocycles. The lowest BCUT2D eigenvalue weighted by molar-refractivity contribution is -0.118. The average Bonchev–Trinajstić information content (AvgIpc) is 2.83. The van der Waals surface area contributed by atoms with Crippen molar-refractivity contribution in [1.82, 2.24) is 0 Å². The fraction of sp³-hybridized carbons (Fsp3) is 0.148. The minimum atomic E-state index is -1.05. The van der Waals surface area contributed by atoms with E-state index in [4.69, 9.17) is 26.2 Å². The number of nitrogens with one attached hydrogen (secondary N) is 1. The maximum Gasteiger partial charge on any atom is 0.335 e. The third kappa shape index (κ3) is 6.85. The SMILES string of the molecule is CCOc1cc(/C=C(/C#N)c2ccc(C(=O)O)cc2)cc(Cl)c1OCC(=O)Nc1ccc(C)cc1. The number of rotatable bonds is 9. The number of amides is 1. The summed E-state index contributed by atoms with van der Waals surface area (Å²) >= 11 is 6.45. The Labute approximate surface area is 208 Å². The lowest BCUT2D eigenvalue weighted by Gasteiger charge is -2.15. The summed E-state index contributed by atoms with van der Waals surface area (Å²) in [4.78, 5) is 23.4. The number of benzene rings is 3. The first kappa shape index (κ1) is 25.3. The molecule has 0 aliphatic rings. The quantitative estimate of drug-likeness (QED) is 0.288. The number of anilines is 1. The number of carboxylic acids is 1. The Bertz CT molecular complexity index is 1290. The Morgan fingerprint density at radius 2 is 1.71 bits per heavy atom. The molecule has 2 N–H and O–H groups in total. The average molecular weight is 491 g/mol. The molecule has 0 atom stereocenters. The molecule has 0 saturated heterocycles. The van der Waals surface area contributed by atoms with Crippen molar-refractivity contribution >= 4 is 40.8 Å². The number of nitrogens with zero attached hydrogens (tertiary/aromatic N) is 1. The number of ether oxygens (including phenoxy) is 2. The van der Waals surface area contributed by atoms with Gasteiger partial charge in [0.05, 0.1) is 28.8 Å². The van der Waals surface area contributed by atoms with Crippen LogP contribution in [0, 0.1) is 18.3 Å². The van der Waals surface area contributed by atoms with E-state index >= 15 is 0 Å². The maximum atomic E-state index is 12.3. The summed E-state index contributed by atoms with van der Waals surface area (Å²) in [7, 11) is 0. The van der Waals surface area contributed by atoms with Crippen LogP contribution >= 0.6 is 11.6 Å². The van der Waals surface area contributed by atoms with E-state index in [1.54, 1.807) is 49.4 Å². The second-order valence-electron chi connectivity index (χ2n) is 7.52. The minimum Gasteiger partial charge on any atom is -0.490 e. The molecule has 0 saturated carbocycles. The molecular formula is C27H23ClN2O5. The fourth-order valence-corrected chi connectivity index (χ4v) is 3.46. The van der Waals surface area contributed by atoms with Crippen LogP contribution in [0.5, 0.6) is 11.5 Å². The van der Waals surface area contributed by atoms with Gasteiger partial charge in [-0.2, -0.15) is 5.26 Å². The highest BCUT2D eigenvalue weighted by Gasteiger charge is 2.15. The normalized spacial score (nSPS) is 10.9. The lowest BCUT2D eigenvalue weighted by atomic mass is 10.0. The predicted molar refractivity (Wildman–Crippen MR) is 135 cm³/mol. The number of carbonyl (C=O) groups is 2. The summed E-state index contributed by atoms with van der Waals surface area (Å²) in [5.74, 6) is -0.856. The van der Waals surface area contributed by atoms with Crippen LogP contribution in [0.25, 0.3) is 11.6 Å². The van der Waals surface area contributed by atoms with Crippen LogP contribution in [-0.4, -0.2) is 30.2 Å². The highest BCUT2D eigenvalue weighted by molar-refractivity contribution is 6.32. The van der Waals surface area contributed by atoms with Crippen LogP contribution in [-0.2, 0) is 4.79 Å². The number of nitriles is 1. The van der Waals surface area contributed by atoms with E-state index in [-0.39, 0.29) is 28.8 Å². The molecule has 7 nitrogen and oxygen atoms in total. The van der Waals surface area contributed by atoms with Gasteiger partial charge in [-0.25, -0.2) is 4.79 Å². The Hall–Kier alpha value is -4.28. The molecule has 0 heterocycles. The fourth-order valence-electron chi connectivity index (χ4n) is 3.19. The third-order valence-corrected chi connectivity index (χ3v) is 5.17. The molecule has 1 amide bonds. The summed E-state index contributed by atoms with van der Waals surface area (Å²) in [5.41, 5.74) is 3.31. The molecule has 0 spiro atoms. The van der Waals surface area contributed by atoms with E-state index in [1.807, 2.05) is 19.1 Å². The predicted octanol–water partition coefficient (Wildman–Crippen LogP) is 5.83. The molecule has 0 unspecified atom stereocenters. The van der Waals surface area contributed by atoms with Crippen LogP contribution in [0.2, 0.25) is 5.02 Å². The second kappa shape index (κ2) is 11.7. The van der Waals surface area contributed by atoms with Gasteiger partial charge in [-0.3, -0.25) is 4.79 Å². The topological polar surface area (TPSA) is 109 Å². The first-order valence-corrected chi connectivity index (χ1v) is 11.1. The van der Waals surface area contributed by atoms with Crippen molar-refractivity contribution in [2.75, 3.05) is 18.5 Å². The van der Waals surface area contributed by atoms with Gasteiger partial charge in [0.25, 0.3) is 5.91 Å². The number of carboxylic acid groups (broad SMARTS) is 1.